The quantitative estimate of drug-likeness (QED) is 0.817. The zero-order chi connectivity index (χ0) is 13.2. The highest BCUT2D eigenvalue weighted by Crippen LogP contribution is 2.40. The zero-order valence-corrected chi connectivity index (χ0v) is 12.7. The van der Waals surface area contributed by atoms with Crippen molar-refractivity contribution in [3.05, 3.63) is 20.3 Å². The molecule has 0 radical (unpaired) electrons. The van der Waals surface area contributed by atoms with Crippen molar-refractivity contribution in [1.29, 1.82) is 0 Å². The van der Waals surface area contributed by atoms with Crippen molar-refractivity contribution >= 4 is 40.3 Å². The molecule has 1 aliphatic heterocycles. The molecule has 0 bridgehead atoms. The first-order valence-corrected chi connectivity index (χ1v) is 7.86. The highest BCUT2D eigenvalue weighted by molar-refractivity contribution is 7.18. The molecule has 2 nitrogen and oxygen atoms in total. The molecule has 0 saturated carbocycles. The fraction of sp³-hybridized carbons (Fsp3) is 0.615. The van der Waals surface area contributed by atoms with Gasteiger partial charge >= 0.3 is 0 Å². The fourth-order valence-electron chi connectivity index (χ4n) is 2.50. The molecule has 100 valence electrons. The monoisotopic (exact) mass is 305 g/mol. The summed E-state index contributed by atoms with van der Waals surface area (Å²) in [6.45, 7) is 3.85. The van der Waals surface area contributed by atoms with Crippen LogP contribution in [0.1, 0.15) is 42.3 Å². The van der Waals surface area contributed by atoms with Crippen molar-refractivity contribution in [3.8, 4) is 0 Å². The predicted octanol–water partition coefficient (Wildman–Crippen LogP) is 4.41. The smallest absolute Gasteiger partial charge is 0.180 e. The van der Waals surface area contributed by atoms with Crippen LogP contribution in [0.3, 0.4) is 0 Å². The third-order valence-electron chi connectivity index (χ3n) is 3.60. The second-order valence-electron chi connectivity index (χ2n) is 4.87. The van der Waals surface area contributed by atoms with Crippen molar-refractivity contribution < 1.29 is 4.79 Å². The minimum absolute atomic E-state index is 0.208. The zero-order valence-electron chi connectivity index (χ0n) is 10.4. The molecule has 1 aromatic heterocycles. The van der Waals surface area contributed by atoms with Crippen molar-refractivity contribution in [3.63, 3.8) is 0 Å². The molecule has 2 rings (SSSR count). The number of Topliss-reactive ketones (excluding diaryl/α,β-unsaturated/α-hetero) is 1. The second kappa shape index (κ2) is 5.91. The summed E-state index contributed by atoms with van der Waals surface area (Å²) in [4.78, 5) is 13.4. The number of halogens is 2. The maximum Gasteiger partial charge on any atom is 0.180 e. The molecule has 0 amide bonds. The third kappa shape index (κ3) is 2.74. The summed E-state index contributed by atoms with van der Waals surface area (Å²) >= 11 is 13.2. The van der Waals surface area contributed by atoms with E-state index >= 15 is 0 Å². The van der Waals surface area contributed by atoms with Gasteiger partial charge in [0.15, 0.2) is 5.78 Å². The van der Waals surface area contributed by atoms with Gasteiger partial charge in [-0.2, -0.15) is 0 Å². The molecule has 5 heteroatoms. The number of carbonyl (C=O) groups is 1. The van der Waals surface area contributed by atoms with E-state index in [0.717, 1.165) is 38.8 Å². The fourth-order valence-corrected chi connectivity index (χ4v) is 3.93. The molecule has 0 aromatic carbocycles. The van der Waals surface area contributed by atoms with Gasteiger partial charge in [0.25, 0.3) is 0 Å². The average Bonchev–Trinajstić information content (AvgIpc) is 2.95. The number of unbranched alkanes of at least 4 members (excludes halogenated alkanes) is 1. The van der Waals surface area contributed by atoms with E-state index in [1.807, 2.05) is 0 Å². The normalized spacial score (nSPS) is 23.5. The van der Waals surface area contributed by atoms with Crippen LogP contribution in [-0.4, -0.2) is 18.9 Å². The lowest BCUT2D eigenvalue weighted by Gasteiger charge is -2.25. The standard InChI is InChI=1S/C13H17Cl2NOS/c1-2-3-4-13(5-6-16-8-13)11(17)10-7-9(14)12(15)18-10/h7,16H,2-6,8H2,1H3/t13-/m1/s1. The van der Waals surface area contributed by atoms with Crippen LogP contribution in [0.4, 0.5) is 0 Å². The first-order valence-electron chi connectivity index (χ1n) is 6.29. The highest BCUT2D eigenvalue weighted by Gasteiger charge is 2.41. The van der Waals surface area contributed by atoms with E-state index < -0.39 is 0 Å². The Morgan fingerprint density at radius 2 is 2.33 bits per heavy atom. The summed E-state index contributed by atoms with van der Waals surface area (Å²) in [6.07, 6.45) is 4.06. The van der Waals surface area contributed by atoms with Crippen LogP contribution >= 0.6 is 34.5 Å². The Bertz CT molecular complexity index is 419. The number of rotatable bonds is 5. The van der Waals surface area contributed by atoms with E-state index in [1.165, 1.54) is 11.3 Å². The molecule has 1 N–H and O–H groups in total. The van der Waals surface area contributed by atoms with E-state index in [-0.39, 0.29) is 11.2 Å². The highest BCUT2D eigenvalue weighted by atomic mass is 35.5. The largest absolute Gasteiger partial charge is 0.316 e. The molecular weight excluding hydrogens is 289 g/mol. The Morgan fingerprint density at radius 3 is 2.83 bits per heavy atom. The molecule has 2 heterocycles. The molecular formula is C13H17Cl2NOS. The maximum absolute atomic E-state index is 12.7. The molecule has 1 saturated heterocycles. The van der Waals surface area contributed by atoms with Crippen molar-refractivity contribution in [2.75, 3.05) is 13.1 Å². The number of carbonyl (C=O) groups excluding carboxylic acids is 1. The van der Waals surface area contributed by atoms with Gasteiger partial charge < -0.3 is 5.32 Å². The first kappa shape index (κ1) is 14.3. The maximum atomic E-state index is 12.7. The molecule has 1 aromatic rings. The van der Waals surface area contributed by atoms with E-state index in [2.05, 4.69) is 12.2 Å². The van der Waals surface area contributed by atoms with E-state index in [1.54, 1.807) is 6.07 Å². The van der Waals surface area contributed by atoms with Gasteiger partial charge in [0, 0.05) is 12.0 Å². The lowest BCUT2D eigenvalue weighted by molar-refractivity contribution is 0.0804. The van der Waals surface area contributed by atoms with Crippen LogP contribution < -0.4 is 5.32 Å². The molecule has 18 heavy (non-hydrogen) atoms. The van der Waals surface area contributed by atoms with Crippen LogP contribution in [0.15, 0.2) is 6.07 Å². The Balaban J connectivity index is 2.23. The van der Waals surface area contributed by atoms with E-state index in [9.17, 15) is 4.79 Å². The Labute approximate surface area is 122 Å². The summed E-state index contributed by atoms with van der Waals surface area (Å²) in [5.74, 6) is 0.208. The van der Waals surface area contributed by atoms with Crippen molar-refractivity contribution in [1.82, 2.24) is 5.32 Å². The summed E-state index contributed by atoms with van der Waals surface area (Å²) < 4.78 is 0.511. The van der Waals surface area contributed by atoms with E-state index in [4.69, 9.17) is 23.2 Å². The molecule has 0 unspecified atom stereocenters. The summed E-state index contributed by atoms with van der Waals surface area (Å²) in [5, 5.41) is 3.80. The van der Waals surface area contributed by atoms with Gasteiger partial charge in [-0.05, 0) is 25.5 Å². The number of hydrogen-bond acceptors (Lipinski definition) is 3. The van der Waals surface area contributed by atoms with Crippen molar-refractivity contribution in [2.24, 2.45) is 5.41 Å². The molecule has 1 fully saturated rings. The van der Waals surface area contributed by atoms with Gasteiger partial charge in [0.05, 0.1) is 9.90 Å². The Kier molecular flexibility index (Phi) is 4.70. The van der Waals surface area contributed by atoms with Gasteiger partial charge in [-0.3, -0.25) is 4.79 Å². The lowest BCUT2D eigenvalue weighted by atomic mass is 9.77. The van der Waals surface area contributed by atoms with Crippen LogP contribution in [-0.2, 0) is 0 Å². The molecule has 0 aliphatic carbocycles. The summed E-state index contributed by atoms with van der Waals surface area (Å²) in [5.41, 5.74) is -0.243. The predicted molar refractivity (Wildman–Crippen MR) is 78.1 cm³/mol. The minimum atomic E-state index is -0.243. The number of ketones is 1. The molecule has 1 atom stereocenters. The molecule has 1 aliphatic rings. The number of thiophene rings is 1. The first-order chi connectivity index (χ1) is 8.59. The Morgan fingerprint density at radius 1 is 1.56 bits per heavy atom. The summed E-state index contributed by atoms with van der Waals surface area (Å²) in [6, 6.07) is 1.71. The Hall–Kier alpha value is -0.0900. The minimum Gasteiger partial charge on any atom is -0.316 e. The van der Waals surface area contributed by atoms with Crippen molar-refractivity contribution in [2.45, 2.75) is 32.6 Å². The van der Waals surface area contributed by atoms with Gasteiger partial charge in [0.2, 0.25) is 0 Å². The SMILES string of the molecule is CCCC[C@@]1(C(=O)c2cc(Cl)c(Cl)s2)CCNC1. The lowest BCUT2D eigenvalue weighted by Crippen LogP contribution is -2.33. The summed E-state index contributed by atoms with van der Waals surface area (Å²) in [7, 11) is 0. The van der Waals surface area contributed by atoms with Crippen LogP contribution in [0.25, 0.3) is 0 Å². The number of hydrogen-bond donors (Lipinski definition) is 1. The van der Waals surface area contributed by atoms with Crippen LogP contribution in [0.5, 0.6) is 0 Å². The van der Waals surface area contributed by atoms with Gasteiger partial charge in [-0.15, -0.1) is 11.3 Å². The van der Waals surface area contributed by atoms with Gasteiger partial charge in [0.1, 0.15) is 4.34 Å². The second-order valence-corrected chi connectivity index (χ2v) is 6.93. The van der Waals surface area contributed by atoms with Gasteiger partial charge in [-0.1, -0.05) is 43.0 Å². The van der Waals surface area contributed by atoms with E-state index in [0.29, 0.717) is 14.2 Å². The third-order valence-corrected chi connectivity index (χ3v) is 5.47. The number of nitrogens with one attached hydrogen (secondary N) is 1. The molecule has 0 spiro atoms. The van der Waals surface area contributed by atoms with Gasteiger partial charge in [-0.25, -0.2) is 0 Å². The topological polar surface area (TPSA) is 29.1 Å². The average molecular weight is 306 g/mol. The van der Waals surface area contributed by atoms with Crippen LogP contribution in [0, 0.1) is 5.41 Å². The van der Waals surface area contributed by atoms with Crippen LogP contribution in [0.2, 0.25) is 9.36 Å².